The molecule has 12 heavy (non-hydrogen) atoms. The van der Waals surface area contributed by atoms with Crippen molar-refractivity contribution in [2.24, 2.45) is 23.7 Å². The normalized spacial score (nSPS) is 52.0. The maximum atomic E-state index is 1.61. The minimum atomic E-state index is 1.15. The molecule has 3 aliphatic rings. The number of hydrogen-bond donors (Lipinski definition) is 0. The van der Waals surface area contributed by atoms with Crippen molar-refractivity contribution >= 4 is 0 Å². The molecule has 0 radical (unpaired) electrons. The summed E-state index contributed by atoms with van der Waals surface area (Å²) >= 11 is 0. The monoisotopic (exact) mass is 164 g/mol. The SMILES string of the molecule is C1CC2CCC(C2)C2CCC2C1. The molecule has 0 saturated heterocycles. The van der Waals surface area contributed by atoms with Crippen LogP contribution in [0.15, 0.2) is 0 Å². The van der Waals surface area contributed by atoms with Crippen LogP contribution >= 0.6 is 0 Å². The summed E-state index contributed by atoms with van der Waals surface area (Å²) in [5, 5.41) is 0. The van der Waals surface area contributed by atoms with Crippen LogP contribution in [0.5, 0.6) is 0 Å². The number of rotatable bonds is 0. The van der Waals surface area contributed by atoms with Crippen LogP contribution in [-0.2, 0) is 0 Å². The van der Waals surface area contributed by atoms with Crippen molar-refractivity contribution in [3.05, 3.63) is 0 Å². The highest BCUT2D eigenvalue weighted by atomic mass is 14.5. The van der Waals surface area contributed by atoms with Gasteiger partial charge in [-0.2, -0.15) is 0 Å². The first-order chi connectivity index (χ1) is 5.93. The van der Waals surface area contributed by atoms with Crippen molar-refractivity contribution in [2.75, 3.05) is 0 Å². The van der Waals surface area contributed by atoms with Crippen molar-refractivity contribution in [2.45, 2.75) is 51.4 Å². The van der Waals surface area contributed by atoms with Gasteiger partial charge in [0.1, 0.15) is 0 Å². The average Bonchev–Trinajstić information content (AvgIpc) is 2.43. The zero-order valence-corrected chi connectivity index (χ0v) is 7.97. The van der Waals surface area contributed by atoms with Crippen LogP contribution in [0.2, 0.25) is 0 Å². The molecule has 0 nitrogen and oxygen atoms in total. The Labute approximate surface area is 75.7 Å². The first-order valence-electron chi connectivity index (χ1n) is 5.93. The zero-order valence-electron chi connectivity index (χ0n) is 7.97. The van der Waals surface area contributed by atoms with Gasteiger partial charge in [0.2, 0.25) is 0 Å². The minimum Gasteiger partial charge on any atom is -0.0528 e. The molecule has 4 atom stereocenters. The summed E-state index contributed by atoms with van der Waals surface area (Å²) in [6.45, 7) is 0. The molecule has 0 amide bonds. The van der Waals surface area contributed by atoms with Gasteiger partial charge in [-0.05, 0) is 49.4 Å². The third-order valence-corrected chi connectivity index (χ3v) is 4.85. The highest BCUT2D eigenvalue weighted by Gasteiger charge is 2.41. The molecule has 4 unspecified atom stereocenters. The molecule has 68 valence electrons. The van der Waals surface area contributed by atoms with E-state index in [4.69, 9.17) is 0 Å². The molecule has 0 aromatic heterocycles. The summed E-state index contributed by atoms with van der Waals surface area (Å²) in [7, 11) is 0. The topological polar surface area (TPSA) is 0 Å². The molecular weight excluding hydrogens is 144 g/mol. The Hall–Kier alpha value is 0. The van der Waals surface area contributed by atoms with Gasteiger partial charge >= 0.3 is 0 Å². The van der Waals surface area contributed by atoms with Crippen molar-refractivity contribution in [1.82, 2.24) is 0 Å². The quantitative estimate of drug-likeness (QED) is 0.513. The van der Waals surface area contributed by atoms with Crippen LogP contribution in [0.4, 0.5) is 0 Å². The van der Waals surface area contributed by atoms with E-state index in [1.54, 1.807) is 51.4 Å². The Morgan fingerprint density at radius 1 is 0.667 bits per heavy atom. The molecular formula is C12H20. The molecule has 3 saturated carbocycles. The van der Waals surface area contributed by atoms with E-state index in [0.717, 1.165) is 5.92 Å². The van der Waals surface area contributed by atoms with Gasteiger partial charge in [-0.25, -0.2) is 0 Å². The second-order valence-corrected chi connectivity index (χ2v) is 5.37. The molecule has 0 aromatic rings. The van der Waals surface area contributed by atoms with Crippen LogP contribution < -0.4 is 0 Å². The third kappa shape index (κ3) is 1.03. The lowest BCUT2D eigenvalue weighted by atomic mass is 9.63. The van der Waals surface area contributed by atoms with Crippen molar-refractivity contribution in [3.63, 3.8) is 0 Å². The molecule has 0 aromatic carbocycles. The van der Waals surface area contributed by atoms with E-state index < -0.39 is 0 Å². The smallest absolute Gasteiger partial charge is 0.0357 e. The second kappa shape index (κ2) is 2.75. The first-order valence-corrected chi connectivity index (χ1v) is 5.93. The molecule has 0 heterocycles. The van der Waals surface area contributed by atoms with Crippen molar-refractivity contribution in [1.29, 1.82) is 0 Å². The molecule has 0 N–H and O–H groups in total. The van der Waals surface area contributed by atoms with E-state index >= 15 is 0 Å². The Morgan fingerprint density at radius 3 is 2.42 bits per heavy atom. The van der Waals surface area contributed by atoms with Crippen LogP contribution in [0, 0.1) is 23.7 Å². The van der Waals surface area contributed by atoms with Gasteiger partial charge in [-0.15, -0.1) is 0 Å². The number of hydrogen-bond acceptors (Lipinski definition) is 0. The fourth-order valence-corrected chi connectivity index (χ4v) is 4.01. The Morgan fingerprint density at radius 2 is 1.58 bits per heavy atom. The van der Waals surface area contributed by atoms with Gasteiger partial charge < -0.3 is 0 Å². The maximum Gasteiger partial charge on any atom is -0.0357 e. The lowest BCUT2D eigenvalue weighted by Crippen LogP contribution is -2.32. The molecule has 0 heteroatoms. The minimum absolute atomic E-state index is 1.15. The summed E-state index contributed by atoms with van der Waals surface area (Å²) in [6, 6.07) is 0. The van der Waals surface area contributed by atoms with Crippen molar-refractivity contribution < 1.29 is 0 Å². The Bertz CT molecular complexity index is 173. The van der Waals surface area contributed by atoms with E-state index in [2.05, 4.69) is 0 Å². The van der Waals surface area contributed by atoms with E-state index in [9.17, 15) is 0 Å². The molecule has 0 spiro atoms. The largest absolute Gasteiger partial charge is 0.0528 e. The molecule has 3 aliphatic carbocycles. The fourth-order valence-electron chi connectivity index (χ4n) is 4.01. The number of fused-ring (bicyclic) bond motifs is 4. The Balaban J connectivity index is 1.75. The van der Waals surface area contributed by atoms with Crippen molar-refractivity contribution in [3.8, 4) is 0 Å². The highest BCUT2D eigenvalue weighted by molar-refractivity contribution is 4.92. The Kier molecular flexibility index (Phi) is 1.70. The first kappa shape index (κ1) is 7.41. The molecule has 3 fully saturated rings. The summed E-state index contributed by atoms with van der Waals surface area (Å²) in [6.07, 6.45) is 12.6. The fraction of sp³-hybridized carbons (Fsp3) is 1.00. The van der Waals surface area contributed by atoms with Crippen LogP contribution in [0.1, 0.15) is 51.4 Å². The predicted octanol–water partition coefficient (Wildman–Crippen LogP) is 3.61. The maximum absolute atomic E-state index is 1.61. The van der Waals surface area contributed by atoms with Gasteiger partial charge in [0.15, 0.2) is 0 Å². The lowest BCUT2D eigenvalue weighted by molar-refractivity contribution is 0.0839. The summed E-state index contributed by atoms with van der Waals surface area (Å²) in [5.74, 6) is 4.69. The van der Waals surface area contributed by atoms with Gasteiger partial charge in [-0.3, -0.25) is 0 Å². The van der Waals surface area contributed by atoms with E-state index in [1.807, 2.05) is 0 Å². The summed E-state index contributed by atoms with van der Waals surface area (Å²) in [5.41, 5.74) is 0. The lowest BCUT2D eigenvalue weighted by Gasteiger charge is -2.42. The zero-order chi connectivity index (χ0) is 7.97. The average molecular weight is 164 g/mol. The van der Waals surface area contributed by atoms with Gasteiger partial charge in [-0.1, -0.05) is 25.7 Å². The molecule has 3 rings (SSSR count). The van der Waals surface area contributed by atoms with E-state index in [-0.39, 0.29) is 0 Å². The van der Waals surface area contributed by atoms with Gasteiger partial charge in [0.05, 0.1) is 0 Å². The summed E-state index contributed by atoms with van der Waals surface area (Å²) in [4.78, 5) is 0. The molecule has 2 bridgehead atoms. The third-order valence-electron chi connectivity index (χ3n) is 4.85. The van der Waals surface area contributed by atoms with Crippen LogP contribution in [0.3, 0.4) is 0 Å². The van der Waals surface area contributed by atoms with E-state index in [0.29, 0.717) is 0 Å². The summed E-state index contributed by atoms with van der Waals surface area (Å²) < 4.78 is 0. The molecule has 0 aliphatic heterocycles. The van der Waals surface area contributed by atoms with Crippen LogP contribution in [-0.4, -0.2) is 0 Å². The highest BCUT2D eigenvalue weighted by Crippen LogP contribution is 2.52. The van der Waals surface area contributed by atoms with Crippen LogP contribution in [0.25, 0.3) is 0 Å². The second-order valence-electron chi connectivity index (χ2n) is 5.37. The van der Waals surface area contributed by atoms with Gasteiger partial charge in [0.25, 0.3) is 0 Å². The predicted molar refractivity (Wildman–Crippen MR) is 50.9 cm³/mol. The van der Waals surface area contributed by atoms with E-state index in [1.165, 1.54) is 17.8 Å². The van der Waals surface area contributed by atoms with Gasteiger partial charge in [0, 0.05) is 0 Å². The standard InChI is InChI=1S/C12H20/c1-2-9-4-5-11(8-9)12-7-6-10(12)3-1/h9-12H,1-8H2.